The molecule has 0 saturated carbocycles. The van der Waals surface area contributed by atoms with Gasteiger partial charge in [0.05, 0.1) is 0 Å². The average molecular weight is 360 g/mol. The van der Waals surface area contributed by atoms with Crippen molar-refractivity contribution in [2.75, 3.05) is 5.32 Å². The Kier molecular flexibility index (Phi) is 4.06. The number of aryl methyl sites for hydroxylation is 1. The first kappa shape index (κ1) is 14.5. The summed E-state index contributed by atoms with van der Waals surface area (Å²) < 4.78 is 2.79. The van der Waals surface area contributed by atoms with Crippen LogP contribution in [0.5, 0.6) is 0 Å². The topological polar surface area (TPSA) is 75.6 Å². The molecular formula is C15H14BrN5O. The Morgan fingerprint density at radius 3 is 2.82 bits per heavy atom. The minimum Gasteiger partial charge on any atom is -0.305 e. The molecule has 3 rings (SSSR count). The Morgan fingerprint density at radius 1 is 1.36 bits per heavy atom. The summed E-state index contributed by atoms with van der Waals surface area (Å²) in [6.45, 7) is 2.01. The zero-order valence-electron chi connectivity index (χ0n) is 11.9. The zero-order chi connectivity index (χ0) is 15.5. The van der Waals surface area contributed by atoms with Gasteiger partial charge in [-0.1, -0.05) is 22.9 Å². The Morgan fingerprint density at radius 2 is 2.14 bits per heavy atom. The van der Waals surface area contributed by atoms with E-state index in [-0.39, 0.29) is 5.91 Å². The van der Waals surface area contributed by atoms with Crippen LogP contribution in [-0.4, -0.2) is 25.7 Å². The number of aromatic nitrogens is 4. The van der Waals surface area contributed by atoms with Crippen LogP contribution >= 0.6 is 15.9 Å². The fourth-order valence-electron chi connectivity index (χ4n) is 1.98. The number of halogens is 1. The third-order valence-electron chi connectivity index (χ3n) is 3.19. The predicted molar refractivity (Wildman–Crippen MR) is 87.2 cm³/mol. The van der Waals surface area contributed by atoms with Crippen molar-refractivity contribution in [1.82, 2.24) is 19.7 Å². The smallest absolute Gasteiger partial charge is 0.277 e. The van der Waals surface area contributed by atoms with E-state index in [0.29, 0.717) is 11.5 Å². The number of carbonyl (C=O) groups is 1. The molecule has 0 unspecified atom stereocenters. The van der Waals surface area contributed by atoms with Crippen LogP contribution in [0.2, 0.25) is 0 Å². The highest BCUT2D eigenvalue weighted by Gasteiger charge is 2.12. The van der Waals surface area contributed by atoms with E-state index in [0.717, 1.165) is 22.3 Å². The summed E-state index contributed by atoms with van der Waals surface area (Å²) in [5, 5.41) is 9.61. The van der Waals surface area contributed by atoms with E-state index in [1.54, 1.807) is 17.1 Å². The molecule has 2 aromatic heterocycles. The van der Waals surface area contributed by atoms with Crippen molar-refractivity contribution < 1.29 is 4.79 Å². The van der Waals surface area contributed by atoms with Gasteiger partial charge < -0.3 is 9.88 Å². The lowest BCUT2D eigenvalue weighted by Crippen LogP contribution is -2.12. The molecule has 1 aromatic carbocycles. The molecule has 0 aliphatic carbocycles. The fourth-order valence-corrected chi connectivity index (χ4v) is 2.25. The molecule has 2 heterocycles. The molecule has 2 N–H and O–H groups in total. The van der Waals surface area contributed by atoms with Gasteiger partial charge >= 0.3 is 0 Å². The van der Waals surface area contributed by atoms with Gasteiger partial charge in [0, 0.05) is 28.1 Å². The largest absolute Gasteiger partial charge is 0.305 e. The molecule has 3 aromatic rings. The number of hydrogen-bond donors (Lipinski definition) is 2. The molecule has 0 saturated heterocycles. The van der Waals surface area contributed by atoms with E-state index in [2.05, 4.69) is 36.4 Å². The van der Waals surface area contributed by atoms with Gasteiger partial charge in [0.1, 0.15) is 12.0 Å². The molecule has 22 heavy (non-hydrogen) atoms. The van der Waals surface area contributed by atoms with Crippen molar-refractivity contribution in [3.05, 3.63) is 58.7 Å². The second-order valence-electron chi connectivity index (χ2n) is 4.73. The fraction of sp³-hybridized carbons (Fsp3) is 0.133. The molecule has 0 radical (unpaired) electrons. The first-order valence-corrected chi connectivity index (χ1v) is 7.60. The van der Waals surface area contributed by atoms with E-state index >= 15 is 0 Å². The van der Waals surface area contributed by atoms with Gasteiger partial charge in [-0.3, -0.25) is 9.89 Å². The molecule has 0 aliphatic heterocycles. The summed E-state index contributed by atoms with van der Waals surface area (Å²) >= 11 is 3.39. The number of rotatable bonds is 4. The van der Waals surface area contributed by atoms with Crippen molar-refractivity contribution in [3.63, 3.8) is 0 Å². The van der Waals surface area contributed by atoms with Crippen LogP contribution in [0.15, 0.2) is 47.3 Å². The number of benzene rings is 1. The second-order valence-corrected chi connectivity index (χ2v) is 5.64. The summed E-state index contributed by atoms with van der Waals surface area (Å²) in [6, 6.07) is 9.56. The van der Waals surface area contributed by atoms with Crippen molar-refractivity contribution >= 4 is 27.7 Å². The number of aromatic amines is 1. The van der Waals surface area contributed by atoms with Gasteiger partial charge in [-0.15, -0.1) is 0 Å². The van der Waals surface area contributed by atoms with Crippen LogP contribution in [-0.2, 0) is 6.42 Å². The van der Waals surface area contributed by atoms with Crippen molar-refractivity contribution in [3.8, 4) is 5.69 Å². The van der Waals surface area contributed by atoms with Gasteiger partial charge in [-0.05, 0) is 30.7 Å². The third-order valence-corrected chi connectivity index (χ3v) is 3.72. The first-order chi connectivity index (χ1) is 10.7. The summed E-state index contributed by atoms with van der Waals surface area (Å²) in [4.78, 5) is 16.3. The highest BCUT2D eigenvalue weighted by atomic mass is 79.9. The number of nitrogens with zero attached hydrogens (tertiary/aromatic N) is 3. The molecule has 0 bridgehead atoms. The zero-order valence-corrected chi connectivity index (χ0v) is 13.5. The Labute approximate surface area is 135 Å². The van der Waals surface area contributed by atoms with Crippen LogP contribution in [0.3, 0.4) is 0 Å². The summed E-state index contributed by atoms with van der Waals surface area (Å²) in [5.74, 6) is 0.213. The quantitative estimate of drug-likeness (QED) is 0.750. The lowest BCUT2D eigenvalue weighted by molar-refractivity contribution is 0.102. The van der Waals surface area contributed by atoms with Gasteiger partial charge in [-0.2, -0.15) is 5.10 Å². The van der Waals surface area contributed by atoms with Gasteiger partial charge in [0.2, 0.25) is 0 Å². The lowest BCUT2D eigenvalue weighted by atomic mass is 10.3. The minimum absolute atomic E-state index is 0.287. The molecule has 0 aliphatic rings. The van der Waals surface area contributed by atoms with E-state index in [9.17, 15) is 4.79 Å². The molecule has 0 atom stereocenters. The second kappa shape index (κ2) is 6.15. The Balaban J connectivity index is 1.75. The predicted octanol–water partition coefficient (Wildman–Crippen LogP) is 3.17. The molecule has 0 fully saturated rings. The number of H-pyrrole nitrogens is 1. The third kappa shape index (κ3) is 3.09. The van der Waals surface area contributed by atoms with Crippen LogP contribution in [0.1, 0.15) is 23.1 Å². The maximum Gasteiger partial charge on any atom is 0.277 e. The lowest BCUT2D eigenvalue weighted by Gasteiger charge is -2.01. The summed E-state index contributed by atoms with van der Waals surface area (Å²) in [7, 11) is 0. The SMILES string of the molecule is CCc1cc(NC(=O)c2cn(-c3ccc(Br)cc3)cn2)n[nH]1. The number of nitrogens with one attached hydrogen (secondary N) is 2. The van der Waals surface area contributed by atoms with Gasteiger partial charge in [-0.25, -0.2) is 4.98 Å². The highest BCUT2D eigenvalue weighted by Crippen LogP contribution is 2.15. The number of amides is 1. The highest BCUT2D eigenvalue weighted by molar-refractivity contribution is 9.10. The van der Waals surface area contributed by atoms with Gasteiger partial charge in [0.25, 0.3) is 5.91 Å². The van der Waals surface area contributed by atoms with E-state index < -0.39 is 0 Å². The number of carbonyl (C=O) groups excluding carboxylic acids is 1. The van der Waals surface area contributed by atoms with Crippen LogP contribution < -0.4 is 5.32 Å². The number of imidazole rings is 1. The van der Waals surface area contributed by atoms with E-state index in [1.807, 2.05) is 37.3 Å². The average Bonchev–Trinajstić information content (AvgIpc) is 3.17. The van der Waals surface area contributed by atoms with E-state index in [4.69, 9.17) is 0 Å². The molecule has 0 spiro atoms. The molecular weight excluding hydrogens is 346 g/mol. The van der Waals surface area contributed by atoms with Crippen LogP contribution in [0, 0.1) is 0 Å². The molecule has 112 valence electrons. The number of hydrogen-bond acceptors (Lipinski definition) is 3. The number of anilines is 1. The van der Waals surface area contributed by atoms with Crippen LogP contribution in [0.25, 0.3) is 5.69 Å². The first-order valence-electron chi connectivity index (χ1n) is 6.81. The maximum atomic E-state index is 12.2. The van der Waals surface area contributed by atoms with E-state index in [1.165, 1.54) is 0 Å². The molecule has 7 heteroatoms. The van der Waals surface area contributed by atoms with Gasteiger partial charge in [0.15, 0.2) is 5.82 Å². The van der Waals surface area contributed by atoms with Crippen LogP contribution in [0.4, 0.5) is 5.82 Å². The molecule has 6 nitrogen and oxygen atoms in total. The summed E-state index contributed by atoms with van der Waals surface area (Å²) in [6.07, 6.45) is 4.13. The van der Waals surface area contributed by atoms with Crippen molar-refractivity contribution in [2.24, 2.45) is 0 Å². The maximum absolute atomic E-state index is 12.2. The Hall–Kier alpha value is -2.41. The monoisotopic (exact) mass is 359 g/mol. The van der Waals surface area contributed by atoms with Crippen molar-refractivity contribution in [2.45, 2.75) is 13.3 Å². The summed E-state index contributed by atoms with van der Waals surface area (Å²) in [5.41, 5.74) is 2.24. The molecule has 1 amide bonds. The Bertz CT molecular complexity index is 790. The standard InChI is InChI=1S/C15H14BrN5O/c1-2-11-7-14(20-19-11)18-15(22)13-8-21(9-17-13)12-5-3-10(16)4-6-12/h3-9H,2H2,1H3,(H2,18,19,20,22). The minimum atomic E-state index is -0.287. The normalized spacial score (nSPS) is 10.6. The van der Waals surface area contributed by atoms with Crippen molar-refractivity contribution in [1.29, 1.82) is 0 Å².